The molecule has 0 N–H and O–H groups in total. The van der Waals surface area contributed by atoms with Gasteiger partial charge in [-0.1, -0.05) is 0 Å². The van der Waals surface area contributed by atoms with E-state index in [9.17, 15) is 18.4 Å². The highest BCUT2D eigenvalue weighted by Crippen LogP contribution is 2.35. The summed E-state index contributed by atoms with van der Waals surface area (Å²) >= 11 is 4.70. The summed E-state index contributed by atoms with van der Waals surface area (Å²) in [6, 6.07) is 3.41. The third kappa shape index (κ3) is 1.97. The first-order valence-electron chi connectivity index (χ1n) is 5.56. The fourth-order valence-corrected chi connectivity index (χ4v) is 3.54. The molecular weight excluding hydrogens is 352 g/mol. The molecule has 7 heteroatoms. The lowest BCUT2D eigenvalue weighted by atomic mass is 10.1. The Morgan fingerprint density at radius 2 is 2.00 bits per heavy atom. The van der Waals surface area contributed by atoms with Crippen molar-refractivity contribution in [1.29, 1.82) is 0 Å². The van der Waals surface area contributed by atoms with Gasteiger partial charge in [-0.3, -0.25) is 14.5 Å². The summed E-state index contributed by atoms with van der Waals surface area (Å²) in [5.74, 6) is -3.61. The van der Waals surface area contributed by atoms with E-state index >= 15 is 0 Å². The normalized spacial score (nSPS) is 14.1. The van der Waals surface area contributed by atoms with Gasteiger partial charge in [0.15, 0.2) is 0 Å². The van der Waals surface area contributed by atoms with Crippen molar-refractivity contribution in [2.45, 2.75) is 6.54 Å². The van der Waals surface area contributed by atoms with E-state index < -0.39 is 23.3 Å². The second-order valence-electron chi connectivity index (χ2n) is 4.19. The Kier molecular flexibility index (Phi) is 3.18. The third-order valence-corrected chi connectivity index (χ3v) is 4.90. The Labute approximate surface area is 124 Å². The second kappa shape index (κ2) is 4.75. The van der Waals surface area contributed by atoms with Gasteiger partial charge in [-0.05, 0) is 33.4 Å². The monoisotopic (exact) mass is 357 g/mol. The predicted octanol–water partition coefficient (Wildman–Crippen LogP) is 3.52. The van der Waals surface area contributed by atoms with E-state index in [0.29, 0.717) is 6.07 Å². The van der Waals surface area contributed by atoms with Crippen LogP contribution in [0.5, 0.6) is 0 Å². The Morgan fingerprint density at radius 3 is 2.65 bits per heavy atom. The van der Waals surface area contributed by atoms with Crippen LogP contribution < -0.4 is 4.90 Å². The number of amides is 1. The molecule has 0 bridgehead atoms. The van der Waals surface area contributed by atoms with Gasteiger partial charge in [0.25, 0.3) is 11.7 Å². The van der Waals surface area contributed by atoms with E-state index in [1.807, 2.05) is 5.38 Å². The van der Waals surface area contributed by atoms with E-state index in [1.165, 1.54) is 11.3 Å². The maximum Gasteiger partial charge on any atom is 0.299 e. The number of benzene rings is 1. The quantitative estimate of drug-likeness (QED) is 0.771. The number of ketones is 1. The molecule has 1 aliphatic rings. The van der Waals surface area contributed by atoms with Crippen molar-refractivity contribution in [2.24, 2.45) is 0 Å². The molecule has 102 valence electrons. The molecule has 2 aromatic rings. The van der Waals surface area contributed by atoms with Crippen molar-refractivity contribution in [2.75, 3.05) is 4.90 Å². The first-order chi connectivity index (χ1) is 9.49. The van der Waals surface area contributed by atoms with Gasteiger partial charge in [-0.15, -0.1) is 11.3 Å². The third-order valence-electron chi connectivity index (χ3n) is 2.98. The summed E-state index contributed by atoms with van der Waals surface area (Å²) in [6.07, 6.45) is 0. The molecule has 0 aliphatic carbocycles. The molecule has 20 heavy (non-hydrogen) atoms. The zero-order valence-corrected chi connectivity index (χ0v) is 12.2. The van der Waals surface area contributed by atoms with Gasteiger partial charge in [0.1, 0.15) is 11.6 Å². The van der Waals surface area contributed by atoms with Crippen molar-refractivity contribution >= 4 is 44.6 Å². The molecule has 0 unspecified atom stereocenters. The maximum absolute atomic E-state index is 13.7. The molecule has 3 nitrogen and oxygen atoms in total. The smallest absolute Gasteiger partial charge is 0.299 e. The number of Topliss-reactive ketones (excluding diaryl/α,β-unsaturated/α-hetero) is 1. The average Bonchev–Trinajstić information content (AvgIpc) is 2.87. The zero-order chi connectivity index (χ0) is 14.4. The van der Waals surface area contributed by atoms with Crippen LogP contribution in [-0.2, 0) is 11.3 Å². The molecule has 1 amide bonds. The van der Waals surface area contributed by atoms with Gasteiger partial charge >= 0.3 is 0 Å². The van der Waals surface area contributed by atoms with Gasteiger partial charge < -0.3 is 0 Å². The average molecular weight is 358 g/mol. The van der Waals surface area contributed by atoms with Crippen molar-refractivity contribution in [3.63, 3.8) is 0 Å². The Bertz CT molecular complexity index is 744. The predicted molar refractivity (Wildman–Crippen MR) is 73.9 cm³/mol. The molecule has 0 spiro atoms. The molecule has 0 radical (unpaired) electrons. The van der Waals surface area contributed by atoms with Gasteiger partial charge in [0, 0.05) is 15.4 Å². The van der Waals surface area contributed by atoms with E-state index in [1.54, 1.807) is 6.07 Å². The van der Waals surface area contributed by atoms with Crippen molar-refractivity contribution in [3.05, 3.63) is 50.1 Å². The van der Waals surface area contributed by atoms with Gasteiger partial charge in [-0.2, -0.15) is 0 Å². The lowest BCUT2D eigenvalue weighted by Crippen LogP contribution is -2.28. The largest absolute Gasteiger partial charge is 0.299 e. The van der Waals surface area contributed by atoms with Crippen LogP contribution in [0.1, 0.15) is 15.2 Å². The van der Waals surface area contributed by atoms with Gasteiger partial charge in [0.2, 0.25) is 0 Å². The molecule has 1 aliphatic heterocycles. The number of anilines is 1. The molecular formula is C13H6BrF2NO2S. The van der Waals surface area contributed by atoms with E-state index in [4.69, 9.17) is 0 Å². The van der Waals surface area contributed by atoms with Crippen molar-refractivity contribution < 1.29 is 18.4 Å². The number of hydrogen-bond acceptors (Lipinski definition) is 3. The number of thiophene rings is 1. The Morgan fingerprint density at radius 1 is 1.25 bits per heavy atom. The molecule has 3 rings (SSSR count). The lowest BCUT2D eigenvalue weighted by molar-refractivity contribution is -0.114. The molecule has 1 aromatic carbocycles. The van der Waals surface area contributed by atoms with E-state index in [2.05, 4.69) is 15.9 Å². The number of hydrogen-bond donors (Lipinski definition) is 0. The minimum Gasteiger partial charge on any atom is -0.299 e. The van der Waals surface area contributed by atoms with Crippen molar-refractivity contribution in [3.8, 4) is 0 Å². The van der Waals surface area contributed by atoms with Gasteiger partial charge in [-0.25, -0.2) is 8.78 Å². The summed E-state index contributed by atoms with van der Waals surface area (Å²) < 4.78 is 27.8. The molecule has 2 heterocycles. The summed E-state index contributed by atoms with van der Waals surface area (Å²) in [6.45, 7) is 0.0959. The van der Waals surface area contributed by atoms with Gasteiger partial charge in [0.05, 0.1) is 17.8 Å². The van der Waals surface area contributed by atoms with Crippen LogP contribution in [0.2, 0.25) is 0 Å². The standard InChI is InChI=1S/C13H6BrF2NO2S/c14-7-1-2-20-10(7)5-17-9-4-6(15)3-8(16)11(9)12(18)13(17)19/h1-4H,5H2. The van der Waals surface area contributed by atoms with Crippen LogP contribution in [0.3, 0.4) is 0 Å². The topological polar surface area (TPSA) is 37.4 Å². The number of nitrogens with zero attached hydrogens (tertiary/aromatic N) is 1. The van der Waals surface area contributed by atoms with Crippen LogP contribution in [0.15, 0.2) is 28.1 Å². The minimum absolute atomic E-state index is 0.0159. The Hall–Kier alpha value is -1.60. The zero-order valence-electron chi connectivity index (χ0n) is 9.82. The summed E-state index contributed by atoms with van der Waals surface area (Å²) in [5, 5.41) is 1.81. The Balaban J connectivity index is 2.09. The summed E-state index contributed by atoms with van der Waals surface area (Å²) in [5.41, 5.74) is -0.373. The number of halogens is 3. The SMILES string of the molecule is O=C1C(=O)N(Cc2sccc2Br)c2cc(F)cc(F)c21. The van der Waals surface area contributed by atoms with Crippen LogP contribution >= 0.6 is 27.3 Å². The number of carbonyl (C=O) groups is 2. The number of fused-ring (bicyclic) bond motifs is 1. The lowest BCUT2D eigenvalue weighted by Gasteiger charge is -2.15. The molecule has 0 saturated carbocycles. The fraction of sp³-hybridized carbons (Fsp3) is 0.0769. The number of rotatable bonds is 2. The molecule has 0 fully saturated rings. The van der Waals surface area contributed by atoms with E-state index in [0.717, 1.165) is 20.3 Å². The fourth-order valence-electron chi connectivity index (χ4n) is 2.08. The van der Waals surface area contributed by atoms with Crippen LogP contribution in [0.4, 0.5) is 14.5 Å². The number of carbonyl (C=O) groups excluding carboxylic acids is 2. The second-order valence-corrected chi connectivity index (χ2v) is 6.05. The first kappa shape index (κ1) is 13.4. The highest BCUT2D eigenvalue weighted by atomic mass is 79.9. The van der Waals surface area contributed by atoms with E-state index in [-0.39, 0.29) is 17.8 Å². The maximum atomic E-state index is 13.7. The van der Waals surface area contributed by atoms with Crippen LogP contribution in [0.25, 0.3) is 0 Å². The minimum atomic E-state index is -1.01. The van der Waals surface area contributed by atoms with Crippen LogP contribution in [0, 0.1) is 11.6 Å². The summed E-state index contributed by atoms with van der Waals surface area (Å²) in [4.78, 5) is 25.6. The summed E-state index contributed by atoms with van der Waals surface area (Å²) in [7, 11) is 0. The highest BCUT2D eigenvalue weighted by molar-refractivity contribution is 9.10. The first-order valence-corrected chi connectivity index (χ1v) is 7.23. The highest BCUT2D eigenvalue weighted by Gasteiger charge is 2.39. The van der Waals surface area contributed by atoms with Crippen molar-refractivity contribution in [1.82, 2.24) is 0 Å². The molecule has 0 saturated heterocycles. The molecule has 1 aromatic heterocycles. The molecule has 0 atom stereocenters. The van der Waals surface area contributed by atoms with Crippen LogP contribution in [-0.4, -0.2) is 11.7 Å².